The fourth-order valence-corrected chi connectivity index (χ4v) is 2.54. The van der Waals surface area contributed by atoms with E-state index in [1.807, 2.05) is 56.3 Å². The smallest absolute Gasteiger partial charge is 0.326 e. The summed E-state index contributed by atoms with van der Waals surface area (Å²) in [4.78, 5) is 28.2. The number of rotatable bonds is 5. The van der Waals surface area contributed by atoms with Gasteiger partial charge >= 0.3 is 5.97 Å². The molecule has 1 aromatic heterocycles. The number of nitrogens with one attached hydrogen (secondary N) is 1. The van der Waals surface area contributed by atoms with E-state index in [0.717, 1.165) is 27.8 Å². The van der Waals surface area contributed by atoms with Gasteiger partial charge in [0.2, 0.25) is 0 Å². The Morgan fingerprint density at radius 3 is 2.76 bits per heavy atom. The summed E-state index contributed by atoms with van der Waals surface area (Å²) in [5.74, 6) is -0.850. The van der Waals surface area contributed by atoms with Gasteiger partial charge in [-0.15, -0.1) is 0 Å². The number of para-hydroxylation sites is 2. The van der Waals surface area contributed by atoms with Gasteiger partial charge in [-0.1, -0.05) is 24.3 Å². The van der Waals surface area contributed by atoms with E-state index in [4.69, 9.17) is 4.74 Å². The fraction of sp³-hybridized carbons (Fsp3) is 0.211. The Morgan fingerprint density at radius 1 is 1.12 bits per heavy atom. The minimum absolute atomic E-state index is 0.0112. The molecule has 0 radical (unpaired) electrons. The molecule has 6 heteroatoms. The van der Waals surface area contributed by atoms with Crippen LogP contribution in [0.5, 0.6) is 0 Å². The number of benzene rings is 2. The zero-order valence-electron chi connectivity index (χ0n) is 14.2. The van der Waals surface area contributed by atoms with Gasteiger partial charge < -0.3 is 14.6 Å². The van der Waals surface area contributed by atoms with E-state index in [2.05, 4.69) is 10.3 Å². The number of carbonyl (C=O) groups is 2. The summed E-state index contributed by atoms with van der Waals surface area (Å²) in [6.45, 7) is 3.59. The van der Waals surface area contributed by atoms with Gasteiger partial charge in [0, 0.05) is 5.69 Å². The van der Waals surface area contributed by atoms with E-state index in [-0.39, 0.29) is 19.1 Å². The maximum absolute atomic E-state index is 12.0. The molecule has 1 N–H and O–H groups in total. The van der Waals surface area contributed by atoms with E-state index in [9.17, 15) is 9.59 Å². The van der Waals surface area contributed by atoms with Crippen molar-refractivity contribution in [3.8, 4) is 0 Å². The van der Waals surface area contributed by atoms with Crippen LogP contribution in [0.25, 0.3) is 11.0 Å². The van der Waals surface area contributed by atoms with Gasteiger partial charge in [0.15, 0.2) is 6.61 Å². The van der Waals surface area contributed by atoms with Crippen molar-refractivity contribution in [1.29, 1.82) is 0 Å². The molecule has 25 heavy (non-hydrogen) atoms. The maximum atomic E-state index is 12.0. The molecule has 0 bridgehead atoms. The molecule has 2 aromatic carbocycles. The number of carbonyl (C=O) groups excluding carboxylic acids is 2. The van der Waals surface area contributed by atoms with E-state index in [1.165, 1.54) is 0 Å². The third kappa shape index (κ3) is 3.85. The van der Waals surface area contributed by atoms with Crippen LogP contribution in [0.15, 0.2) is 48.8 Å². The first-order chi connectivity index (χ1) is 12.0. The van der Waals surface area contributed by atoms with Crippen molar-refractivity contribution in [3.63, 3.8) is 0 Å². The standard InChI is InChI=1S/C19H19N3O3/c1-13-6-5-8-15(14(13)2)21-18(23)11-25-19(24)10-22-12-20-16-7-3-4-9-17(16)22/h3-9,12H,10-11H2,1-2H3,(H,21,23). The third-order valence-electron chi connectivity index (χ3n) is 4.07. The van der Waals surface area contributed by atoms with Crippen molar-refractivity contribution in [2.45, 2.75) is 20.4 Å². The Bertz CT molecular complexity index is 931. The molecule has 0 spiro atoms. The minimum Gasteiger partial charge on any atom is -0.454 e. The number of hydrogen-bond acceptors (Lipinski definition) is 4. The Labute approximate surface area is 145 Å². The summed E-state index contributed by atoms with van der Waals surface area (Å²) in [7, 11) is 0. The van der Waals surface area contributed by atoms with Crippen LogP contribution in [0.1, 0.15) is 11.1 Å². The van der Waals surface area contributed by atoms with Crippen molar-refractivity contribution in [2.24, 2.45) is 0 Å². The second-order valence-electron chi connectivity index (χ2n) is 5.82. The number of imidazole rings is 1. The van der Waals surface area contributed by atoms with E-state index >= 15 is 0 Å². The Hall–Kier alpha value is -3.15. The van der Waals surface area contributed by atoms with Crippen LogP contribution in [0.3, 0.4) is 0 Å². The van der Waals surface area contributed by atoms with Crippen molar-refractivity contribution in [2.75, 3.05) is 11.9 Å². The maximum Gasteiger partial charge on any atom is 0.326 e. The second-order valence-corrected chi connectivity index (χ2v) is 5.82. The number of ether oxygens (including phenoxy) is 1. The number of fused-ring (bicyclic) bond motifs is 1. The quantitative estimate of drug-likeness (QED) is 0.727. The molecule has 3 aromatic rings. The molecule has 1 amide bonds. The highest BCUT2D eigenvalue weighted by Gasteiger charge is 2.11. The molecule has 0 aliphatic rings. The molecule has 3 rings (SSSR count). The van der Waals surface area contributed by atoms with Crippen molar-refractivity contribution >= 4 is 28.6 Å². The SMILES string of the molecule is Cc1cccc(NC(=O)COC(=O)Cn2cnc3ccccc32)c1C. The monoisotopic (exact) mass is 337 g/mol. The molecule has 0 aliphatic carbocycles. The van der Waals surface area contributed by atoms with Gasteiger partial charge in [0.1, 0.15) is 6.54 Å². The van der Waals surface area contributed by atoms with E-state index in [1.54, 1.807) is 10.9 Å². The normalized spacial score (nSPS) is 10.6. The fourth-order valence-electron chi connectivity index (χ4n) is 2.54. The predicted molar refractivity (Wildman–Crippen MR) is 95.2 cm³/mol. The summed E-state index contributed by atoms with van der Waals surface area (Å²) in [6.07, 6.45) is 1.59. The van der Waals surface area contributed by atoms with E-state index < -0.39 is 5.97 Å². The summed E-state index contributed by atoms with van der Waals surface area (Å²) in [6, 6.07) is 13.2. The van der Waals surface area contributed by atoms with Crippen LogP contribution in [0, 0.1) is 13.8 Å². The largest absolute Gasteiger partial charge is 0.454 e. The molecule has 128 valence electrons. The number of nitrogens with zero attached hydrogens (tertiary/aromatic N) is 2. The second kappa shape index (κ2) is 7.17. The summed E-state index contributed by atoms with van der Waals surface area (Å²) >= 11 is 0. The zero-order chi connectivity index (χ0) is 17.8. The molecule has 1 heterocycles. The lowest BCUT2D eigenvalue weighted by Crippen LogP contribution is -2.23. The lowest BCUT2D eigenvalue weighted by molar-refractivity contribution is -0.147. The number of amides is 1. The molecular formula is C19H19N3O3. The lowest BCUT2D eigenvalue weighted by atomic mass is 10.1. The number of anilines is 1. The van der Waals surface area contributed by atoms with Crippen LogP contribution in [0.4, 0.5) is 5.69 Å². The minimum atomic E-state index is -0.487. The molecule has 0 aliphatic heterocycles. The van der Waals surface area contributed by atoms with Gasteiger partial charge in [0.05, 0.1) is 17.4 Å². The van der Waals surface area contributed by atoms with Crippen molar-refractivity contribution in [1.82, 2.24) is 9.55 Å². The predicted octanol–water partition coefficient (Wildman–Crippen LogP) is 2.84. The van der Waals surface area contributed by atoms with Gasteiger partial charge in [0.25, 0.3) is 5.91 Å². The van der Waals surface area contributed by atoms with E-state index in [0.29, 0.717) is 0 Å². The van der Waals surface area contributed by atoms with Gasteiger partial charge in [-0.2, -0.15) is 0 Å². The van der Waals surface area contributed by atoms with Gasteiger partial charge in [-0.3, -0.25) is 9.59 Å². The molecular weight excluding hydrogens is 318 g/mol. The first kappa shape index (κ1) is 16.7. The molecule has 0 saturated carbocycles. The summed E-state index contributed by atoms with van der Waals surface area (Å²) in [5, 5.41) is 2.76. The Kier molecular flexibility index (Phi) is 4.79. The number of aromatic nitrogens is 2. The molecule has 6 nitrogen and oxygen atoms in total. The summed E-state index contributed by atoms with van der Waals surface area (Å²) < 4.78 is 6.76. The van der Waals surface area contributed by atoms with Crippen LogP contribution in [-0.2, 0) is 20.9 Å². The van der Waals surface area contributed by atoms with Crippen LogP contribution in [0.2, 0.25) is 0 Å². The number of esters is 1. The number of hydrogen-bond donors (Lipinski definition) is 1. The topological polar surface area (TPSA) is 73.2 Å². The first-order valence-corrected chi connectivity index (χ1v) is 7.96. The molecule has 0 atom stereocenters. The summed E-state index contributed by atoms with van der Waals surface area (Å²) in [5.41, 5.74) is 4.46. The molecule has 0 saturated heterocycles. The van der Waals surface area contributed by atoms with Crippen LogP contribution < -0.4 is 5.32 Å². The first-order valence-electron chi connectivity index (χ1n) is 7.96. The lowest BCUT2D eigenvalue weighted by Gasteiger charge is -2.11. The highest BCUT2D eigenvalue weighted by molar-refractivity contribution is 5.93. The van der Waals surface area contributed by atoms with Crippen LogP contribution >= 0.6 is 0 Å². The number of aryl methyl sites for hydroxylation is 1. The average Bonchev–Trinajstić information content (AvgIpc) is 3.00. The molecule has 0 fully saturated rings. The highest BCUT2D eigenvalue weighted by atomic mass is 16.5. The highest BCUT2D eigenvalue weighted by Crippen LogP contribution is 2.17. The third-order valence-corrected chi connectivity index (χ3v) is 4.07. The average molecular weight is 337 g/mol. The van der Waals surface area contributed by atoms with Gasteiger partial charge in [-0.05, 0) is 43.2 Å². The van der Waals surface area contributed by atoms with Crippen LogP contribution in [-0.4, -0.2) is 28.0 Å². The Morgan fingerprint density at radius 2 is 1.92 bits per heavy atom. The van der Waals surface area contributed by atoms with Crippen molar-refractivity contribution in [3.05, 3.63) is 59.9 Å². The molecule has 0 unspecified atom stereocenters. The van der Waals surface area contributed by atoms with Gasteiger partial charge in [-0.25, -0.2) is 4.98 Å². The Balaban J connectivity index is 1.55. The van der Waals surface area contributed by atoms with Crippen molar-refractivity contribution < 1.29 is 14.3 Å². The zero-order valence-corrected chi connectivity index (χ0v) is 14.2.